The van der Waals surface area contributed by atoms with Gasteiger partial charge in [0.1, 0.15) is 11.5 Å². The van der Waals surface area contributed by atoms with Gasteiger partial charge in [-0.15, -0.1) is 12.4 Å². The highest BCUT2D eigenvalue weighted by Crippen LogP contribution is 2.24. The lowest BCUT2D eigenvalue weighted by molar-refractivity contribution is -0.136. The van der Waals surface area contributed by atoms with Crippen molar-refractivity contribution >= 4 is 18.4 Å². The van der Waals surface area contributed by atoms with E-state index in [0.29, 0.717) is 17.1 Å². The van der Waals surface area contributed by atoms with Gasteiger partial charge >= 0.3 is 5.97 Å². The van der Waals surface area contributed by atoms with Gasteiger partial charge in [-0.1, -0.05) is 6.07 Å². The maximum Gasteiger partial charge on any atom is 0.307 e. The smallest absolute Gasteiger partial charge is 0.307 e. The van der Waals surface area contributed by atoms with Crippen molar-refractivity contribution in [2.24, 2.45) is 0 Å². The molecule has 0 bridgehead atoms. The number of hydrogen-bond donors (Lipinski definition) is 1. The molecule has 0 saturated carbocycles. The number of ether oxygens (including phenoxy) is 2. The Hall–Kier alpha value is -1.42. The fraction of sp³-hybridized carbons (Fsp3) is 0.300. The van der Waals surface area contributed by atoms with Crippen LogP contribution in [0.3, 0.4) is 0 Å². The van der Waals surface area contributed by atoms with Crippen LogP contribution in [0.25, 0.3) is 0 Å². The molecule has 5 heteroatoms. The molecule has 1 N–H and O–H groups in total. The largest absolute Gasteiger partial charge is 0.497 e. The first-order valence-electron chi connectivity index (χ1n) is 4.10. The van der Waals surface area contributed by atoms with Crippen molar-refractivity contribution < 1.29 is 19.4 Å². The topological polar surface area (TPSA) is 55.8 Å². The number of carbonyl (C=O) groups is 1. The lowest BCUT2D eigenvalue weighted by Crippen LogP contribution is -2.02. The Morgan fingerprint density at radius 3 is 2.47 bits per heavy atom. The molecule has 0 aliphatic heterocycles. The number of carboxylic acids is 1. The van der Waals surface area contributed by atoms with E-state index in [4.69, 9.17) is 14.6 Å². The van der Waals surface area contributed by atoms with Crippen molar-refractivity contribution in [1.82, 2.24) is 0 Å². The van der Waals surface area contributed by atoms with Crippen LogP contribution in [0, 0.1) is 0 Å². The highest BCUT2D eigenvalue weighted by atomic mass is 35.5. The second-order valence-electron chi connectivity index (χ2n) is 2.75. The monoisotopic (exact) mass is 232 g/mol. The minimum atomic E-state index is -0.881. The van der Waals surface area contributed by atoms with E-state index in [1.807, 2.05) is 0 Å². The first-order valence-corrected chi connectivity index (χ1v) is 4.10. The number of methoxy groups -OCH3 is 2. The summed E-state index contributed by atoms with van der Waals surface area (Å²) in [6.07, 6.45) is -0.0484. The predicted molar refractivity (Wildman–Crippen MR) is 58.1 cm³/mol. The van der Waals surface area contributed by atoms with Crippen LogP contribution in [0.15, 0.2) is 18.2 Å². The summed E-state index contributed by atoms with van der Waals surface area (Å²) in [6.45, 7) is 0. The number of aliphatic carboxylic acids is 1. The molecule has 0 aliphatic carbocycles. The quantitative estimate of drug-likeness (QED) is 0.860. The van der Waals surface area contributed by atoms with E-state index < -0.39 is 5.97 Å². The summed E-state index contributed by atoms with van der Waals surface area (Å²) >= 11 is 0. The molecule has 0 atom stereocenters. The molecule has 4 nitrogen and oxygen atoms in total. The first kappa shape index (κ1) is 13.6. The molecule has 0 amide bonds. The molecule has 84 valence electrons. The molecule has 0 unspecified atom stereocenters. The highest BCUT2D eigenvalue weighted by molar-refractivity contribution is 5.85. The van der Waals surface area contributed by atoms with Crippen LogP contribution < -0.4 is 9.47 Å². The molecule has 0 radical (unpaired) electrons. The molecule has 0 aromatic heterocycles. The van der Waals surface area contributed by atoms with Gasteiger partial charge in [0.25, 0.3) is 0 Å². The average molecular weight is 233 g/mol. The van der Waals surface area contributed by atoms with E-state index in [9.17, 15) is 4.79 Å². The normalized spacial score (nSPS) is 8.93. The Labute approximate surface area is 94.2 Å². The molecule has 1 rings (SSSR count). The minimum absolute atomic E-state index is 0. The molecular formula is C10H13ClO4. The van der Waals surface area contributed by atoms with Crippen LogP contribution in [-0.4, -0.2) is 25.3 Å². The maximum atomic E-state index is 10.5. The molecule has 0 aliphatic rings. The Bertz CT molecular complexity index is 338. The third-order valence-electron chi connectivity index (χ3n) is 1.84. The van der Waals surface area contributed by atoms with Crippen LogP contribution in [0.1, 0.15) is 5.56 Å². The summed E-state index contributed by atoms with van der Waals surface area (Å²) in [4.78, 5) is 10.5. The third kappa shape index (κ3) is 3.67. The summed E-state index contributed by atoms with van der Waals surface area (Å²) in [5.41, 5.74) is 0.640. The van der Waals surface area contributed by atoms with Crippen molar-refractivity contribution in [3.8, 4) is 11.5 Å². The summed E-state index contributed by atoms with van der Waals surface area (Å²) < 4.78 is 10.0. The van der Waals surface area contributed by atoms with Gasteiger partial charge in [0.15, 0.2) is 0 Å². The Morgan fingerprint density at radius 1 is 1.33 bits per heavy atom. The van der Waals surface area contributed by atoms with Crippen molar-refractivity contribution in [1.29, 1.82) is 0 Å². The lowest BCUT2D eigenvalue weighted by atomic mass is 10.1. The summed E-state index contributed by atoms with van der Waals surface area (Å²) in [5.74, 6) is 0.302. The van der Waals surface area contributed by atoms with Gasteiger partial charge in [0.05, 0.1) is 20.6 Å². The predicted octanol–water partition coefficient (Wildman–Crippen LogP) is 1.75. The van der Waals surface area contributed by atoms with Crippen LogP contribution in [0.5, 0.6) is 11.5 Å². The van der Waals surface area contributed by atoms with Gasteiger partial charge in [-0.3, -0.25) is 4.79 Å². The Kier molecular flexibility index (Phi) is 5.56. The average Bonchev–Trinajstić information content (AvgIpc) is 2.17. The van der Waals surface area contributed by atoms with Gasteiger partial charge in [0.2, 0.25) is 0 Å². The van der Waals surface area contributed by atoms with Gasteiger partial charge in [-0.25, -0.2) is 0 Å². The van der Waals surface area contributed by atoms with Gasteiger partial charge in [-0.2, -0.15) is 0 Å². The van der Waals surface area contributed by atoms with Crippen molar-refractivity contribution in [2.45, 2.75) is 6.42 Å². The summed E-state index contributed by atoms with van der Waals surface area (Å²) in [6, 6.07) is 5.06. The fourth-order valence-corrected chi connectivity index (χ4v) is 1.16. The second-order valence-corrected chi connectivity index (χ2v) is 2.75. The van der Waals surface area contributed by atoms with Crippen molar-refractivity contribution in [2.75, 3.05) is 14.2 Å². The standard InChI is InChI=1S/C10H12O4.ClH/c1-13-8-4-3-7(5-10(11)12)9(6-8)14-2;/h3-4,6H,5H2,1-2H3,(H,11,12);1H. The van der Waals surface area contributed by atoms with Crippen LogP contribution in [0.4, 0.5) is 0 Å². The van der Waals surface area contributed by atoms with Crippen molar-refractivity contribution in [3.05, 3.63) is 23.8 Å². The minimum Gasteiger partial charge on any atom is -0.497 e. The number of rotatable bonds is 4. The first-order chi connectivity index (χ1) is 6.67. The highest BCUT2D eigenvalue weighted by Gasteiger charge is 2.08. The van der Waals surface area contributed by atoms with E-state index >= 15 is 0 Å². The molecule has 1 aromatic rings. The number of hydrogen-bond acceptors (Lipinski definition) is 3. The number of carboxylic acid groups (broad SMARTS) is 1. The van der Waals surface area contributed by atoms with E-state index in [1.165, 1.54) is 7.11 Å². The zero-order valence-corrected chi connectivity index (χ0v) is 9.34. The van der Waals surface area contributed by atoms with Crippen molar-refractivity contribution in [3.63, 3.8) is 0 Å². The van der Waals surface area contributed by atoms with Crippen LogP contribution in [-0.2, 0) is 11.2 Å². The fourth-order valence-electron chi connectivity index (χ4n) is 1.16. The zero-order chi connectivity index (χ0) is 10.6. The van der Waals surface area contributed by atoms with E-state index in [-0.39, 0.29) is 18.8 Å². The van der Waals surface area contributed by atoms with E-state index in [1.54, 1.807) is 25.3 Å². The van der Waals surface area contributed by atoms with E-state index in [0.717, 1.165) is 0 Å². The van der Waals surface area contributed by atoms with Gasteiger partial charge < -0.3 is 14.6 Å². The summed E-state index contributed by atoms with van der Waals surface area (Å²) in [7, 11) is 3.05. The van der Waals surface area contributed by atoms with Crippen LogP contribution in [0.2, 0.25) is 0 Å². The van der Waals surface area contributed by atoms with Crippen LogP contribution >= 0.6 is 12.4 Å². The molecular weight excluding hydrogens is 220 g/mol. The second kappa shape index (κ2) is 6.14. The van der Waals surface area contributed by atoms with Gasteiger partial charge in [-0.05, 0) is 6.07 Å². The maximum absolute atomic E-state index is 10.5. The van der Waals surface area contributed by atoms with Gasteiger partial charge in [0, 0.05) is 11.6 Å². The molecule has 0 saturated heterocycles. The summed E-state index contributed by atoms with van der Waals surface area (Å²) in [5, 5.41) is 8.63. The Morgan fingerprint density at radius 2 is 2.00 bits per heavy atom. The SMILES string of the molecule is COc1ccc(CC(=O)O)c(OC)c1.Cl. The molecule has 0 fully saturated rings. The van der Waals surface area contributed by atoms with E-state index in [2.05, 4.69) is 0 Å². The number of halogens is 1. The lowest BCUT2D eigenvalue weighted by Gasteiger charge is -2.08. The number of benzene rings is 1. The molecule has 15 heavy (non-hydrogen) atoms. The Balaban J connectivity index is 0.00000196. The molecule has 0 heterocycles. The molecule has 1 aromatic carbocycles. The zero-order valence-electron chi connectivity index (χ0n) is 8.52. The third-order valence-corrected chi connectivity index (χ3v) is 1.84. The molecule has 0 spiro atoms.